The minimum Gasteiger partial charge on any atom is -0.407 e. The topological polar surface area (TPSA) is 140 Å². The van der Waals surface area contributed by atoms with Crippen LogP contribution in [0.4, 0.5) is 11.7 Å². The molecule has 0 radical (unpaired) electrons. The number of benzene rings is 2. The van der Waals surface area contributed by atoms with Gasteiger partial charge in [0.25, 0.3) is 5.91 Å². The zero-order chi connectivity index (χ0) is 24.5. The highest BCUT2D eigenvalue weighted by Gasteiger charge is 2.30. The van der Waals surface area contributed by atoms with Crippen LogP contribution in [0.2, 0.25) is 0 Å². The molecule has 0 saturated carbocycles. The van der Waals surface area contributed by atoms with E-state index < -0.39 is 21.0 Å². The zero-order valence-corrected chi connectivity index (χ0v) is 19.3. The van der Waals surface area contributed by atoms with Crippen molar-refractivity contribution in [2.24, 2.45) is 0 Å². The summed E-state index contributed by atoms with van der Waals surface area (Å²) in [5.74, 6) is -0.922. The first-order valence-electron chi connectivity index (χ1n) is 10.6. The molecule has 4 rings (SSSR count). The molecule has 2 heterocycles. The Morgan fingerprint density at radius 3 is 2.38 bits per heavy atom. The van der Waals surface area contributed by atoms with E-state index in [0.717, 1.165) is 10.5 Å². The van der Waals surface area contributed by atoms with Crippen LogP contribution in [0.25, 0.3) is 0 Å². The molecule has 1 saturated heterocycles. The first kappa shape index (κ1) is 23.3. The first-order valence-corrected chi connectivity index (χ1v) is 12.1. The molecule has 1 aromatic heterocycles. The van der Waals surface area contributed by atoms with E-state index in [1.165, 1.54) is 24.3 Å². The lowest BCUT2D eigenvalue weighted by Crippen LogP contribution is -2.28. The van der Waals surface area contributed by atoms with Crippen LogP contribution in [0.15, 0.2) is 57.8 Å². The van der Waals surface area contributed by atoms with E-state index >= 15 is 0 Å². The average molecular weight is 483 g/mol. The standard InChI is InChI=1S/C23H22N4O6S/c1-14(2)34(31,32)18-8-6-15(7-9-18)12-19-25-26-23(33-19)24-22(30)16-4-3-5-17(13-16)27-20(28)10-11-21(27)29/h3-9,13-14H,10-12H2,1-2H3,(H,24,26,30). The van der Waals surface area contributed by atoms with Crippen LogP contribution >= 0.6 is 0 Å². The number of imide groups is 1. The second kappa shape index (κ2) is 9.18. The van der Waals surface area contributed by atoms with Crippen molar-refractivity contribution in [3.05, 3.63) is 65.5 Å². The largest absolute Gasteiger partial charge is 0.407 e. The first-order chi connectivity index (χ1) is 16.1. The van der Waals surface area contributed by atoms with E-state index in [2.05, 4.69) is 15.5 Å². The van der Waals surface area contributed by atoms with Crippen LogP contribution in [0.3, 0.4) is 0 Å². The Bertz CT molecular complexity index is 1350. The second-order valence-electron chi connectivity index (χ2n) is 8.04. The maximum absolute atomic E-state index is 12.6. The average Bonchev–Trinajstić information content (AvgIpc) is 3.39. The van der Waals surface area contributed by atoms with Crippen LogP contribution < -0.4 is 10.2 Å². The molecule has 1 aliphatic rings. The molecule has 3 amide bonds. The molecule has 0 spiro atoms. The van der Waals surface area contributed by atoms with Crippen LogP contribution in [0.1, 0.15) is 48.5 Å². The molecule has 0 unspecified atom stereocenters. The molecule has 0 bridgehead atoms. The van der Waals surface area contributed by atoms with E-state index in [-0.39, 0.29) is 53.4 Å². The van der Waals surface area contributed by atoms with Crippen molar-refractivity contribution in [2.45, 2.75) is 43.3 Å². The van der Waals surface area contributed by atoms with Gasteiger partial charge in [0.2, 0.25) is 17.7 Å². The summed E-state index contributed by atoms with van der Waals surface area (Å²) in [5.41, 5.74) is 1.30. The van der Waals surface area contributed by atoms with Gasteiger partial charge in [-0.25, -0.2) is 8.42 Å². The summed E-state index contributed by atoms with van der Waals surface area (Å²) in [6.07, 6.45) is 0.548. The van der Waals surface area contributed by atoms with Crippen molar-refractivity contribution in [2.75, 3.05) is 10.2 Å². The third-order valence-electron chi connectivity index (χ3n) is 5.33. The van der Waals surface area contributed by atoms with Gasteiger partial charge in [-0.15, -0.1) is 5.10 Å². The van der Waals surface area contributed by atoms with E-state index in [4.69, 9.17) is 4.42 Å². The van der Waals surface area contributed by atoms with Crippen molar-refractivity contribution in [3.63, 3.8) is 0 Å². The number of nitrogens with one attached hydrogen (secondary N) is 1. The van der Waals surface area contributed by atoms with Gasteiger partial charge in [0, 0.05) is 18.4 Å². The van der Waals surface area contributed by atoms with Crippen molar-refractivity contribution in [1.29, 1.82) is 0 Å². The lowest BCUT2D eigenvalue weighted by molar-refractivity contribution is -0.121. The van der Waals surface area contributed by atoms with Crippen molar-refractivity contribution in [1.82, 2.24) is 10.2 Å². The van der Waals surface area contributed by atoms with E-state index in [1.54, 1.807) is 38.1 Å². The molecule has 34 heavy (non-hydrogen) atoms. The van der Waals surface area contributed by atoms with Gasteiger partial charge in [0.05, 0.1) is 22.3 Å². The van der Waals surface area contributed by atoms with E-state index in [1.807, 2.05) is 0 Å². The summed E-state index contributed by atoms with van der Waals surface area (Å²) >= 11 is 0. The van der Waals surface area contributed by atoms with Gasteiger partial charge < -0.3 is 4.42 Å². The summed E-state index contributed by atoms with van der Waals surface area (Å²) in [6, 6.07) is 12.4. The Labute approximate surface area is 195 Å². The third kappa shape index (κ3) is 4.74. The number of amides is 3. The fraction of sp³-hybridized carbons (Fsp3) is 0.261. The summed E-state index contributed by atoms with van der Waals surface area (Å²) in [6.45, 7) is 3.25. The molecule has 1 aliphatic heterocycles. The SMILES string of the molecule is CC(C)S(=O)(=O)c1ccc(Cc2nnc(NC(=O)c3cccc(N4C(=O)CCC4=O)c3)o2)cc1. The predicted molar refractivity (Wildman–Crippen MR) is 122 cm³/mol. The number of aromatic nitrogens is 2. The Morgan fingerprint density at radius 2 is 1.74 bits per heavy atom. The Morgan fingerprint density at radius 1 is 1.06 bits per heavy atom. The number of sulfone groups is 1. The van der Waals surface area contributed by atoms with Crippen LogP contribution in [-0.4, -0.2) is 41.6 Å². The van der Waals surface area contributed by atoms with Gasteiger partial charge in [-0.1, -0.05) is 23.3 Å². The number of anilines is 2. The smallest absolute Gasteiger partial charge is 0.322 e. The predicted octanol–water partition coefficient (Wildman–Crippen LogP) is 2.75. The molecule has 10 nitrogen and oxygen atoms in total. The van der Waals surface area contributed by atoms with Gasteiger partial charge in [0.15, 0.2) is 9.84 Å². The lowest BCUT2D eigenvalue weighted by Gasteiger charge is -2.14. The summed E-state index contributed by atoms with van der Waals surface area (Å²) in [5, 5.41) is 9.71. The molecular weight excluding hydrogens is 460 g/mol. The van der Waals surface area contributed by atoms with Crippen LogP contribution in [0.5, 0.6) is 0 Å². The number of carbonyl (C=O) groups excluding carboxylic acids is 3. The minimum atomic E-state index is -3.36. The van der Waals surface area contributed by atoms with Crippen LogP contribution in [-0.2, 0) is 25.8 Å². The number of rotatable bonds is 7. The van der Waals surface area contributed by atoms with Crippen molar-refractivity contribution in [3.8, 4) is 0 Å². The minimum absolute atomic E-state index is 0.113. The zero-order valence-electron chi connectivity index (χ0n) is 18.5. The van der Waals surface area contributed by atoms with E-state index in [0.29, 0.717) is 5.69 Å². The Kier molecular flexibility index (Phi) is 6.29. The number of nitrogens with zero attached hydrogens (tertiary/aromatic N) is 3. The van der Waals surface area contributed by atoms with Gasteiger partial charge in [0.1, 0.15) is 0 Å². The highest BCUT2D eigenvalue weighted by atomic mass is 32.2. The van der Waals surface area contributed by atoms with Crippen LogP contribution in [0, 0.1) is 0 Å². The maximum Gasteiger partial charge on any atom is 0.322 e. The Balaban J connectivity index is 1.42. The fourth-order valence-electron chi connectivity index (χ4n) is 3.44. The normalized spacial score (nSPS) is 14.1. The molecular formula is C23H22N4O6S. The quantitative estimate of drug-likeness (QED) is 0.507. The third-order valence-corrected chi connectivity index (χ3v) is 7.50. The molecule has 1 N–H and O–H groups in total. The molecule has 1 fully saturated rings. The number of hydrogen-bond acceptors (Lipinski definition) is 8. The van der Waals surface area contributed by atoms with Crippen molar-refractivity contribution < 1.29 is 27.2 Å². The Hall–Kier alpha value is -3.86. The van der Waals surface area contributed by atoms with E-state index in [9.17, 15) is 22.8 Å². The highest BCUT2D eigenvalue weighted by Crippen LogP contribution is 2.24. The highest BCUT2D eigenvalue weighted by molar-refractivity contribution is 7.92. The number of carbonyl (C=O) groups is 3. The fourth-order valence-corrected chi connectivity index (χ4v) is 4.50. The summed E-state index contributed by atoms with van der Waals surface area (Å²) in [7, 11) is -3.36. The second-order valence-corrected chi connectivity index (χ2v) is 10.5. The molecule has 0 aliphatic carbocycles. The molecule has 11 heteroatoms. The summed E-state index contributed by atoms with van der Waals surface area (Å²) < 4.78 is 30.0. The van der Waals surface area contributed by atoms with Crippen molar-refractivity contribution >= 4 is 39.3 Å². The number of hydrogen-bond donors (Lipinski definition) is 1. The monoisotopic (exact) mass is 482 g/mol. The summed E-state index contributed by atoms with van der Waals surface area (Å²) in [4.78, 5) is 37.8. The van der Waals surface area contributed by atoms with Gasteiger partial charge >= 0.3 is 6.01 Å². The molecule has 3 aromatic rings. The molecule has 0 atom stereocenters. The van der Waals surface area contributed by atoms with Gasteiger partial charge in [-0.05, 0) is 49.7 Å². The molecule has 2 aromatic carbocycles. The molecule has 176 valence electrons. The maximum atomic E-state index is 12.6. The lowest BCUT2D eigenvalue weighted by atomic mass is 10.1. The van der Waals surface area contributed by atoms with Gasteiger partial charge in [-0.2, -0.15) is 0 Å². The van der Waals surface area contributed by atoms with Gasteiger partial charge in [-0.3, -0.25) is 24.6 Å².